The van der Waals surface area contributed by atoms with Crippen LogP contribution in [0.1, 0.15) is 71.6 Å². The minimum Gasteiger partial charge on any atom is -0.496 e. The second kappa shape index (κ2) is 12.6. The van der Waals surface area contributed by atoms with Crippen molar-refractivity contribution in [1.29, 1.82) is 0 Å². The number of ether oxygens (including phenoxy) is 1. The molecule has 0 saturated carbocycles. The SMILES string of the molecule is CCCn1cc(Cc2ccc(C(=O)NS(=O)(=O)c3ccccc3C)cc2OC)c2cc(C(C)C3CCCNC3=O)ccc21. The van der Waals surface area contributed by atoms with E-state index in [1.165, 1.54) is 6.07 Å². The number of carbonyl (C=O) groups is 2. The van der Waals surface area contributed by atoms with E-state index in [1.54, 1.807) is 44.4 Å². The van der Waals surface area contributed by atoms with Gasteiger partial charge in [-0.2, -0.15) is 0 Å². The minimum atomic E-state index is -4.03. The number of aryl methyl sites for hydroxylation is 2. The van der Waals surface area contributed by atoms with Crippen LogP contribution in [0.15, 0.2) is 71.8 Å². The van der Waals surface area contributed by atoms with Crippen molar-refractivity contribution in [3.05, 3.63) is 94.7 Å². The molecule has 1 fully saturated rings. The Morgan fingerprint density at radius 3 is 2.63 bits per heavy atom. The average Bonchev–Trinajstić information content (AvgIpc) is 3.33. The van der Waals surface area contributed by atoms with Gasteiger partial charge in [0.15, 0.2) is 0 Å². The summed E-state index contributed by atoms with van der Waals surface area (Å²) in [6, 6.07) is 18.1. The number of hydrogen-bond donors (Lipinski definition) is 2. The molecule has 1 aromatic heterocycles. The van der Waals surface area contributed by atoms with Gasteiger partial charge in [-0.25, -0.2) is 13.1 Å². The molecule has 0 radical (unpaired) electrons. The Morgan fingerprint density at radius 1 is 1.12 bits per heavy atom. The van der Waals surface area contributed by atoms with Crippen LogP contribution in [-0.4, -0.2) is 38.5 Å². The molecule has 226 valence electrons. The van der Waals surface area contributed by atoms with Crippen LogP contribution in [0.4, 0.5) is 0 Å². The molecule has 1 saturated heterocycles. The van der Waals surface area contributed by atoms with Crippen LogP contribution in [0.2, 0.25) is 0 Å². The van der Waals surface area contributed by atoms with Crippen molar-refractivity contribution in [2.75, 3.05) is 13.7 Å². The van der Waals surface area contributed by atoms with Crippen LogP contribution < -0.4 is 14.8 Å². The summed E-state index contributed by atoms with van der Waals surface area (Å²) in [7, 11) is -2.49. The smallest absolute Gasteiger partial charge is 0.265 e. The van der Waals surface area contributed by atoms with Crippen molar-refractivity contribution in [3.8, 4) is 5.75 Å². The molecule has 2 heterocycles. The van der Waals surface area contributed by atoms with E-state index in [1.807, 2.05) is 6.07 Å². The number of piperidine rings is 1. The number of nitrogens with one attached hydrogen (secondary N) is 2. The molecule has 1 aliphatic heterocycles. The van der Waals surface area contributed by atoms with E-state index in [9.17, 15) is 18.0 Å². The predicted molar refractivity (Wildman–Crippen MR) is 168 cm³/mol. The van der Waals surface area contributed by atoms with Crippen LogP contribution >= 0.6 is 0 Å². The maximum atomic E-state index is 13.0. The van der Waals surface area contributed by atoms with Crippen LogP contribution in [0.5, 0.6) is 5.75 Å². The van der Waals surface area contributed by atoms with Crippen LogP contribution in [0.3, 0.4) is 0 Å². The molecule has 9 heteroatoms. The molecule has 0 aliphatic carbocycles. The van der Waals surface area contributed by atoms with E-state index < -0.39 is 15.9 Å². The minimum absolute atomic E-state index is 0.0409. The summed E-state index contributed by atoms with van der Waals surface area (Å²) >= 11 is 0. The third kappa shape index (κ3) is 6.32. The lowest BCUT2D eigenvalue weighted by atomic mass is 9.82. The lowest BCUT2D eigenvalue weighted by Crippen LogP contribution is -2.38. The standard InChI is InChI=1S/C34H39N3O5S/c1-5-17-37-21-27(29-19-24(14-15-30(29)37)23(3)28-10-8-16-35-34(28)39)18-25-12-13-26(20-31(25)42-4)33(38)36-43(40,41)32-11-7-6-9-22(32)2/h6-7,9,11-15,19-21,23,28H,5,8,10,16-18H2,1-4H3,(H,35,39)(H,36,38). The largest absolute Gasteiger partial charge is 0.496 e. The van der Waals surface area contributed by atoms with Crippen molar-refractivity contribution < 1.29 is 22.7 Å². The van der Waals surface area contributed by atoms with Crippen LogP contribution in [0, 0.1) is 12.8 Å². The second-order valence-electron chi connectivity index (χ2n) is 11.4. The van der Waals surface area contributed by atoms with E-state index in [2.05, 4.69) is 52.8 Å². The molecule has 0 bridgehead atoms. The fourth-order valence-corrected chi connectivity index (χ4v) is 7.30. The molecule has 8 nitrogen and oxygen atoms in total. The Balaban J connectivity index is 1.44. The predicted octanol–water partition coefficient (Wildman–Crippen LogP) is 5.71. The number of methoxy groups -OCH3 is 1. The average molecular weight is 602 g/mol. The second-order valence-corrected chi connectivity index (χ2v) is 13.0. The van der Waals surface area contributed by atoms with Gasteiger partial charge in [0.25, 0.3) is 15.9 Å². The Hall–Kier alpha value is -4.11. The summed E-state index contributed by atoms with van der Waals surface area (Å²) in [6.07, 6.45) is 5.60. The van der Waals surface area contributed by atoms with Crippen LogP contribution in [-0.2, 0) is 27.8 Å². The van der Waals surface area contributed by atoms with Crippen molar-refractivity contribution in [1.82, 2.24) is 14.6 Å². The van der Waals surface area contributed by atoms with E-state index >= 15 is 0 Å². The zero-order valence-corrected chi connectivity index (χ0v) is 26.0. The Kier molecular flexibility index (Phi) is 8.92. The van der Waals surface area contributed by atoms with Crippen molar-refractivity contribution >= 4 is 32.7 Å². The Labute approximate surface area is 253 Å². The van der Waals surface area contributed by atoms with Gasteiger partial charge in [0.2, 0.25) is 5.91 Å². The van der Waals surface area contributed by atoms with Gasteiger partial charge in [-0.05, 0) is 84.7 Å². The summed E-state index contributed by atoms with van der Waals surface area (Å²) in [5.74, 6) is -0.0434. The van der Waals surface area contributed by atoms with Gasteiger partial charge in [0.05, 0.1) is 12.0 Å². The third-order valence-corrected chi connectivity index (χ3v) is 9.94. The lowest BCUT2D eigenvalue weighted by molar-refractivity contribution is -0.127. The highest BCUT2D eigenvalue weighted by Crippen LogP contribution is 2.34. The highest BCUT2D eigenvalue weighted by molar-refractivity contribution is 7.90. The summed E-state index contributed by atoms with van der Waals surface area (Å²) < 4.78 is 35.9. The van der Waals surface area contributed by atoms with E-state index in [0.717, 1.165) is 59.9 Å². The fourth-order valence-electron chi connectivity index (χ4n) is 6.07. The molecule has 43 heavy (non-hydrogen) atoms. The van der Waals surface area contributed by atoms with Gasteiger partial charge in [-0.1, -0.05) is 44.2 Å². The molecule has 0 spiro atoms. The summed E-state index contributed by atoms with van der Waals surface area (Å²) in [5, 5.41) is 4.14. The topological polar surface area (TPSA) is 106 Å². The van der Waals surface area contributed by atoms with Gasteiger partial charge in [-0.15, -0.1) is 0 Å². The molecule has 2 N–H and O–H groups in total. The first-order valence-electron chi connectivity index (χ1n) is 14.8. The molecule has 5 rings (SSSR count). The van der Waals surface area contributed by atoms with E-state index in [0.29, 0.717) is 17.7 Å². The van der Waals surface area contributed by atoms with E-state index in [-0.39, 0.29) is 28.2 Å². The van der Waals surface area contributed by atoms with E-state index in [4.69, 9.17) is 4.74 Å². The first-order chi connectivity index (χ1) is 20.6. The molecular weight excluding hydrogens is 562 g/mol. The number of hydrogen-bond acceptors (Lipinski definition) is 5. The highest BCUT2D eigenvalue weighted by Gasteiger charge is 2.29. The number of benzene rings is 3. The first kappa shape index (κ1) is 30.4. The van der Waals surface area contributed by atoms with Gasteiger partial charge < -0.3 is 14.6 Å². The van der Waals surface area contributed by atoms with Gasteiger partial charge in [0.1, 0.15) is 5.75 Å². The van der Waals surface area contributed by atoms with Gasteiger partial charge >= 0.3 is 0 Å². The molecule has 2 atom stereocenters. The lowest BCUT2D eigenvalue weighted by Gasteiger charge is -2.27. The number of carbonyl (C=O) groups excluding carboxylic acids is 2. The molecule has 2 unspecified atom stereocenters. The third-order valence-electron chi connectivity index (χ3n) is 8.45. The number of nitrogens with zero attached hydrogens (tertiary/aromatic N) is 1. The molecular formula is C34H39N3O5S. The van der Waals surface area contributed by atoms with Crippen molar-refractivity contribution in [2.24, 2.45) is 5.92 Å². The van der Waals surface area contributed by atoms with Gasteiger partial charge in [-0.3, -0.25) is 9.59 Å². The van der Waals surface area contributed by atoms with Crippen molar-refractivity contribution in [2.45, 2.75) is 63.8 Å². The Bertz CT molecular complexity index is 1780. The maximum Gasteiger partial charge on any atom is 0.265 e. The highest BCUT2D eigenvalue weighted by atomic mass is 32.2. The number of aromatic nitrogens is 1. The monoisotopic (exact) mass is 601 g/mol. The number of amides is 2. The Morgan fingerprint density at radius 2 is 1.91 bits per heavy atom. The summed E-state index contributed by atoms with van der Waals surface area (Å²) in [4.78, 5) is 25.7. The number of sulfonamides is 1. The zero-order valence-electron chi connectivity index (χ0n) is 25.1. The zero-order chi connectivity index (χ0) is 30.7. The maximum absolute atomic E-state index is 13.0. The van der Waals surface area contributed by atoms with Crippen LogP contribution in [0.25, 0.3) is 10.9 Å². The molecule has 3 aromatic carbocycles. The van der Waals surface area contributed by atoms with Crippen molar-refractivity contribution in [3.63, 3.8) is 0 Å². The summed E-state index contributed by atoms with van der Waals surface area (Å²) in [5.41, 5.74) is 5.01. The number of rotatable bonds is 10. The fraction of sp³-hybridized carbons (Fsp3) is 0.353. The molecule has 4 aromatic rings. The number of fused-ring (bicyclic) bond motifs is 1. The van der Waals surface area contributed by atoms with Gasteiger partial charge in [0, 0.05) is 48.1 Å². The summed E-state index contributed by atoms with van der Waals surface area (Å²) in [6.45, 7) is 7.59. The molecule has 1 aliphatic rings. The molecule has 2 amide bonds. The first-order valence-corrected chi connectivity index (χ1v) is 16.3. The normalized spacial score (nSPS) is 16.1. The quantitative estimate of drug-likeness (QED) is 0.242.